The smallest absolute Gasteiger partial charge is 0.309 e. The second kappa shape index (κ2) is 7.50. The van der Waals surface area contributed by atoms with E-state index in [0.29, 0.717) is 25.9 Å². The second-order valence-electron chi connectivity index (χ2n) is 7.56. The van der Waals surface area contributed by atoms with Crippen molar-refractivity contribution < 1.29 is 23.1 Å². The van der Waals surface area contributed by atoms with Crippen LogP contribution >= 0.6 is 0 Å². The van der Waals surface area contributed by atoms with Gasteiger partial charge in [0.2, 0.25) is 5.91 Å². The van der Waals surface area contributed by atoms with Crippen LogP contribution in [0.3, 0.4) is 0 Å². The lowest BCUT2D eigenvalue weighted by Crippen LogP contribution is -2.45. The topological polar surface area (TPSA) is 46.6 Å². The molecule has 0 N–H and O–H groups in total. The summed E-state index contributed by atoms with van der Waals surface area (Å²) in [5.74, 6) is -1.88. The highest BCUT2D eigenvalue weighted by atomic mass is 19.1. The van der Waals surface area contributed by atoms with Crippen LogP contribution in [0, 0.1) is 23.0 Å². The molecule has 25 heavy (non-hydrogen) atoms. The SMILES string of the molecule is CC(OC(=O)C1CCN(C(=O)C(C)(C)C)CC1)c1cc(F)ccc1F. The lowest BCUT2D eigenvalue weighted by Gasteiger charge is -2.35. The van der Waals surface area contributed by atoms with Gasteiger partial charge in [0.15, 0.2) is 0 Å². The third kappa shape index (κ3) is 4.77. The van der Waals surface area contributed by atoms with Gasteiger partial charge < -0.3 is 9.64 Å². The van der Waals surface area contributed by atoms with Crippen molar-refractivity contribution in [2.75, 3.05) is 13.1 Å². The van der Waals surface area contributed by atoms with Crippen LogP contribution in [0.25, 0.3) is 0 Å². The molecule has 1 aromatic rings. The first-order valence-corrected chi connectivity index (χ1v) is 8.54. The first-order chi connectivity index (χ1) is 11.6. The Hall–Kier alpha value is -1.98. The minimum Gasteiger partial charge on any atom is -0.457 e. The Labute approximate surface area is 147 Å². The summed E-state index contributed by atoms with van der Waals surface area (Å²) < 4.78 is 32.4. The molecule has 1 unspecified atom stereocenters. The minimum absolute atomic E-state index is 0.0219. The van der Waals surface area contributed by atoms with Crippen molar-refractivity contribution in [1.29, 1.82) is 0 Å². The number of nitrogens with zero attached hydrogens (tertiary/aromatic N) is 1. The van der Waals surface area contributed by atoms with Crippen molar-refractivity contribution in [2.45, 2.75) is 46.6 Å². The summed E-state index contributed by atoms with van der Waals surface area (Å²) in [5, 5.41) is 0. The van der Waals surface area contributed by atoms with E-state index in [1.807, 2.05) is 20.8 Å². The Morgan fingerprint density at radius 2 is 1.80 bits per heavy atom. The number of carbonyl (C=O) groups excluding carboxylic acids is 2. The summed E-state index contributed by atoms with van der Waals surface area (Å²) in [7, 11) is 0. The molecular formula is C19H25F2NO3. The molecule has 1 aromatic carbocycles. The van der Waals surface area contributed by atoms with Gasteiger partial charge in [-0.1, -0.05) is 20.8 Å². The van der Waals surface area contributed by atoms with Crippen molar-refractivity contribution in [2.24, 2.45) is 11.3 Å². The van der Waals surface area contributed by atoms with E-state index in [9.17, 15) is 18.4 Å². The highest BCUT2D eigenvalue weighted by Gasteiger charge is 2.33. The number of rotatable bonds is 3. The zero-order valence-electron chi connectivity index (χ0n) is 15.1. The first-order valence-electron chi connectivity index (χ1n) is 8.54. The van der Waals surface area contributed by atoms with Crippen LogP contribution in [0.1, 0.15) is 52.2 Å². The molecule has 1 atom stereocenters. The van der Waals surface area contributed by atoms with Crippen molar-refractivity contribution in [3.63, 3.8) is 0 Å². The molecule has 1 fully saturated rings. The lowest BCUT2D eigenvalue weighted by molar-refractivity contribution is -0.157. The van der Waals surface area contributed by atoms with Gasteiger partial charge >= 0.3 is 5.97 Å². The predicted molar refractivity (Wildman–Crippen MR) is 89.6 cm³/mol. The molecule has 4 nitrogen and oxygen atoms in total. The zero-order valence-corrected chi connectivity index (χ0v) is 15.1. The molecule has 1 aliphatic heterocycles. The molecule has 1 heterocycles. The van der Waals surface area contributed by atoms with Crippen LogP contribution in [0.4, 0.5) is 8.78 Å². The van der Waals surface area contributed by atoms with Gasteiger partial charge in [0, 0.05) is 24.1 Å². The molecule has 0 bridgehead atoms. The number of benzene rings is 1. The maximum atomic E-state index is 13.8. The Morgan fingerprint density at radius 1 is 1.20 bits per heavy atom. The second-order valence-corrected chi connectivity index (χ2v) is 7.56. The summed E-state index contributed by atoms with van der Waals surface area (Å²) in [4.78, 5) is 26.3. The van der Waals surface area contributed by atoms with Gasteiger partial charge in [0.1, 0.15) is 17.7 Å². The number of ether oxygens (including phenoxy) is 1. The van der Waals surface area contributed by atoms with E-state index in [4.69, 9.17) is 4.74 Å². The fourth-order valence-electron chi connectivity index (χ4n) is 2.95. The van der Waals surface area contributed by atoms with E-state index in [-0.39, 0.29) is 17.4 Å². The van der Waals surface area contributed by atoms with Gasteiger partial charge in [0.25, 0.3) is 0 Å². The number of halogens is 2. The van der Waals surface area contributed by atoms with Crippen LogP contribution in [-0.4, -0.2) is 29.9 Å². The van der Waals surface area contributed by atoms with Gasteiger partial charge in [-0.05, 0) is 38.0 Å². The number of carbonyl (C=O) groups is 2. The number of amides is 1. The fraction of sp³-hybridized carbons (Fsp3) is 0.579. The maximum Gasteiger partial charge on any atom is 0.309 e. The molecule has 6 heteroatoms. The minimum atomic E-state index is -0.863. The molecule has 0 spiro atoms. The number of piperidine rings is 1. The summed E-state index contributed by atoms with van der Waals surface area (Å²) in [6, 6.07) is 3.08. The molecule has 1 saturated heterocycles. The van der Waals surface area contributed by atoms with Gasteiger partial charge in [-0.15, -0.1) is 0 Å². The largest absolute Gasteiger partial charge is 0.457 e. The Bertz CT molecular complexity index is 647. The summed E-state index contributed by atoms with van der Waals surface area (Å²) in [6.07, 6.45) is 0.162. The fourth-order valence-corrected chi connectivity index (χ4v) is 2.95. The van der Waals surface area contributed by atoms with Crippen LogP contribution in [-0.2, 0) is 14.3 Å². The molecule has 138 valence electrons. The van der Waals surface area contributed by atoms with Crippen molar-refractivity contribution in [3.8, 4) is 0 Å². The summed E-state index contributed by atoms with van der Waals surface area (Å²) in [5.41, 5.74) is -0.426. The predicted octanol–water partition coefficient (Wildman–Crippen LogP) is 3.85. The maximum absolute atomic E-state index is 13.8. The van der Waals surface area contributed by atoms with E-state index in [0.717, 1.165) is 18.2 Å². The average Bonchev–Trinajstić information content (AvgIpc) is 2.55. The number of hydrogen-bond acceptors (Lipinski definition) is 3. The summed E-state index contributed by atoms with van der Waals surface area (Å²) >= 11 is 0. The van der Waals surface area contributed by atoms with E-state index in [1.165, 1.54) is 6.92 Å². The number of likely N-dealkylation sites (tertiary alicyclic amines) is 1. The molecule has 1 aliphatic rings. The average molecular weight is 353 g/mol. The van der Waals surface area contributed by atoms with Gasteiger partial charge in [-0.3, -0.25) is 9.59 Å². The van der Waals surface area contributed by atoms with Gasteiger partial charge in [0.05, 0.1) is 5.92 Å². The Kier molecular flexibility index (Phi) is 5.80. The number of hydrogen-bond donors (Lipinski definition) is 0. The zero-order chi connectivity index (χ0) is 18.8. The van der Waals surface area contributed by atoms with Crippen LogP contribution in [0.15, 0.2) is 18.2 Å². The molecule has 1 amide bonds. The van der Waals surface area contributed by atoms with Crippen LogP contribution < -0.4 is 0 Å². The normalized spacial score (nSPS) is 17.3. The van der Waals surface area contributed by atoms with E-state index >= 15 is 0 Å². The molecule has 0 aliphatic carbocycles. The highest BCUT2D eigenvalue weighted by molar-refractivity contribution is 5.82. The molecule has 0 radical (unpaired) electrons. The van der Waals surface area contributed by atoms with Crippen molar-refractivity contribution in [1.82, 2.24) is 4.90 Å². The monoisotopic (exact) mass is 353 g/mol. The quantitative estimate of drug-likeness (QED) is 0.776. The third-order valence-corrected chi connectivity index (χ3v) is 4.45. The standard InChI is InChI=1S/C19H25F2NO3/c1-12(15-11-14(20)5-6-16(15)21)25-17(23)13-7-9-22(10-8-13)18(24)19(2,3)4/h5-6,11-13H,7-10H2,1-4H3. The Balaban J connectivity index is 1.92. The molecular weight excluding hydrogens is 328 g/mol. The van der Waals surface area contributed by atoms with E-state index < -0.39 is 29.1 Å². The molecule has 2 rings (SSSR count). The Morgan fingerprint density at radius 3 is 2.36 bits per heavy atom. The van der Waals surface area contributed by atoms with Crippen molar-refractivity contribution >= 4 is 11.9 Å². The van der Waals surface area contributed by atoms with E-state index in [2.05, 4.69) is 0 Å². The third-order valence-electron chi connectivity index (χ3n) is 4.45. The number of esters is 1. The van der Waals surface area contributed by atoms with Gasteiger partial charge in [-0.2, -0.15) is 0 Å². The van der Waals surface area contributed by atoms with Crippen LogP contribution in [0.5, 0.6) is 0 Å². The first kappa shape index (κ1) is 19.3. The van der Waals surface area contributed by atoms with Gasteiger partial charge in [-0.25, -0.2) is 8.78 Å². The van der Waals surface area contributed by atoms with Crippen LogP contribution in [0.2, 0.25) is 0 Å². The molecule has 0 aromatic heterocycles. The molecule has 0 saturated carbocycles. The van der Waals surface area contributed by atoms with E-state index in [1.54, 1.807) is 4.90 Å². The lowest BCUT2D eigenvalue weighted by atomic mass is 9.91. The summed E-state index contributed by atoms with van der Waals surface area (Å²) in [6.45, 7) is 8.12. The van der Waals surface area contributed by atoms with Crippen molar-refractivity contribution in [3.05, 3.63) is 35.4 Å². The highest BCUT2D eigenvalue weighted by Crippen LogP contribution is 2.27.